The van der Waals surface area contributed by atoms with Crippen LogP contribution in [0.1, 0.15) is 0 Å². The monoisotopic (exact) mass is 334 g/mol. The van der Waals surface area contributed by atoms with Crippen LogP contribution in [0.4, 0.5) is 5.69 Å². The number of para-hydroxylation sites is 1. The van der Waals surface area contributed by atoms with Gasteiger partial charge in [0.05, 0.1) is 29.4 Å². The number of nitrogens with zero attached hydrogens (tertiary/aromatic N) is 3. The van der Waals surface area contributed by atoms with E-state index in [0.717, 1.165) is 23.0 Å². The molecule has 0 unspecified atom stereocenters. The number of thioether (sulfide) groups is 1. The summed E-state index contributed by atoms with van der Waals surface area (Å²) in [6.45, 7) is 0. The Kier molecular flexibility index (Phi) is 3.79. The topological polar surface area (TPSA) is 76.4 Å². The summed E-state index contributed by atoms with van der Waals surface area (Å²) in [6, 6.07) is 11.0. The Morgan fingerprint density at radius 1 is 1.18 bits per heavy atom. The number of aromatic nitrogens is 3. The Morgan fingerprint density at radius 3 is 2.68 bits per heavy atom. The Hall–Kier alpha value is -2.06. The van der Waals surface area contributed by atoms with Gasteiger partial charge in [-0.15, -0.1) is 5.10 Å². The van der Waals surface area contributed by atoms with E-state index in [1.165, 1.54) is 11.8 Å². The maximum atomic E-state index is 11.5. The van der Waals surface area contributed by atoms with Crippen LogP contribution in [0.15, 0.2) is 47.8 Å². The molecule has 8 heteroatoms. The van der Waals surface area contributed by atoms with Crippen LogP contribution in [0.3, 0.4) is 0 Å². The second kappa shape index (κ2) is 5.62. The van der Waals surface area contributed by atoms with Crippen molar-refractivity contribution in [3.8, 4) is 11.3 Å². The minimum Gasteiger partial charge on any atom is -0.283 e. The molecular formula is C14H14N4O2S2. The number of hydrogen-bond acceptors (Lipinski definition) is 5. The highest BCUT2D eigenvalue weighted by Crippen LogP contribution is 2.29. The van der Waals surface area contributed by atoms with Crippen molar-refractivity contribution >= 4 is 33.0 Å². The van der Waals surface area contributed by atoms with Gasteiger partial charge in [0.15, 0.2) is 0 Å². The molecule has 0 aliphatic rings. The number of hydrogen-bond donors (Lipinski definition) is 1. The van der Waals surface area contributed by atoms with E-state index in [0.29, 0.717) is 10.8 Å². The van der Waals surface area contributed by atoms with Crippen molar-refractivity contribution in [2.24, 2.45) is 0 Å². The molecule has 2 heterocycles. The lowest BCUT2D eigenvalue weighted by Crippen LogP contribution is -2.10. The fourth-order valence-electron chi connectivity index (χ4n) is 2.18. The summed E-state index contributed by atoms with van der Waals surface area (Å²) in [5.74, 6) is 0. The van der Waals surface area contributed by atoms with Crippen molar-refractivity contribution in [1.29, 1.82) is 0 Å². The van der Waals surface area contributed by atoms with E-state index in [-0.39, 0.29) is 0 Å². The van der Waals surface area contributed by atoms with E-state index in [1.54, 1.807) is 22.8 Å². The van der Waals surface area contributed by atoms with Crippen LogP contribution in [-0.2, 0) is 10.0 Å². The fourth-order valence-corrected chi connectivity index (χ4v) is 3.08. The van der Waals surface area contributed by atoms with Crippen molar-refractivity contribution < 1.29 is 8.42 Å². The van der Waals surface area contributed by atoms with Gasteiger partial charge in [0, 0.05) is 5.56 Å². The predicted molar refractivity (Wildman–Crippen MR) is 88.7 cm³/mol. The molecule has 0 radical (unpaired) electrons. The number of benzene rings is 1. The predicted octanol–water partition coefficient (Wildman–Crippen LogP) is 2.49. The van der Waals surface area contributed by atoms with Gasteiger partial charge in [-0.3, -0.25) is 4.72 Å². The van der Waals surface area contributed by atoms with Crippen molar-refractivity contribution in [3.05, 3.63) is 42.6 Å². The molecule has 114 valence electrons. The first-order valence-electron chi connectivity index (χ1n) is 6.44. The lowest BCUT2D eigenvalue weighted by Gasteiger charge is -2.10. The Balaban J connectivity index is 2.19. The van der Waals surface area contributed by atoms with Gasteiger partial charge >= 0.3 is 0 Å². The SMILES string of the molecule is CSc1ncc2ccc(-c3ccccc3NS(C)(=O)=O)n2n1. The number of fused-ring (bicyclic) bond motifs is 1. The Morgan fingerprint density at radius 2 is 1.95 bits per heavy atom. The molecule has 0 saturated carbocycles. The molecule has 3 aromatic rings. The quantitative estimate of drug-likeness (QED) is 0.742. The summed E-state index contributed by atoms with van der Waals surface area (Å²) in [4.78, 5) is 4.23. The van der Waals surface area contributed by atoms with Crippen LogP contribution in [0, 0.1) is 0 Å². The van der Waals surface area contributed by atoms with Crippen LogP contribution in [0.5, 0.6) is 0 Å². The molecule has 0 spiro atoms. The molecule has 1 aromatic carbocycles. The first-order valence-corrected chi connectivity index (χ1v) is 9.55. The second-order valence-corrected chi connectivity index (χ2v) is 7.24. The molecule has 0 fully saturated rings. The van der Waals surface area contributed by atoms with Crippen LogP contribution >= 0.6 is 11.8 Å². The van der Waals surface area contributed by atoms with Crippen molar-refractivity contribution in [2.45, 2.75) is 5.16 Å². The molecule has 3 rings (SSSR count). The van der Waals surface area contributed by atoms with Crippen molar-refractivity contribution in [2.75, 3.05) is 17.2 Å². The van der Waals surface area contributed by atoms with Gasteiger partial charge in [-0.1, -0.05) is 30.0 Å². The maximum absolute atomic E-state index is 11.5. The second-order valence-electron chi connectivity index (χ2n) is 4.72. The molecule has 6 nitrogen and oxygen atoms in total. The Labute approximate surface area is 132 Å². The van der Waals surface area contributed by atoms with Crippen LogP contribution in [0.2, 0.25) is 0 Å². The van der Waals surface area contributed by atoms with Gasteiger partial charge in [-0.25, -0.2) is 17.9 Å². The maximum Gasteiger partial charge on any atom is 0.229 e. The summed E-state index contributed by atoms with van der Waals surface area (Å²) in [6.07, 6.45) is 4.78. The molecule has 0 atom stereocenters. The number of nitrogens with one attached hydrogen (secondary N) is 1. The smallest absolute Gasteiger partial charge is 0.229 e. The normalized spacial score (nSPS) is 11.7. The average molecular weight is 334 g/mol. The summed E-state index contributed by atoms with van der Waals surface area (Å²) < 4.78 is 27.4. The highest BCUT2D eigenvalue weighted by atomic mass is 32.2. The van der Waals surface area contributed by atoms with E-state index in [1.807, 2.05) is 30.5 Å². The zero-order chi connectivity index (χ0) is 15.7. The van der Waals surface area contributed by atoms with E-state index in [4.69, 9.17) is 0 Å². The fraction of sp³-hybridized carbons (Fsp3) is 0.143. The van der Waals surface area contributed by atoms with Gasteiger partial charge in [0.25, 0.3) is 0 Å². The van der Waals surface area contributed by atoms with Crippen molar-refractivity contribution in [3.63, 3.8) is 0 Å². The average Bonchev–Trinajstić information content (AvgIpc) is 2.89. The molecule has 0 bridgehead atoms. The summed E-state index contributed by atoms with van der Waals surface area (Å²) in [5.41, 5.74) is 2.94. The molecule has 22 heavy (non-hydrogen) atoms. The van der Waals surface area contributed by atoms with E-state index < -0.39 is 10.0 Å². The highest BCUT2D eigenvalue weighted by molar-refractivity contribution is 7.98. The highest BCUT2D eigenvalue weighted by Gasteiger charge is 2.13. The van der Waals surface area contributed by atoms with Crippen molar-refractivity contribution in [1.82, 2.24) is 14.6 Å². The van der Waals surface area contributed by atoms with Gasteiger partial charge < -0.3 is 0 Å². The minimum atomic E-state index is -3.35. The molecule has 0 aliphatic carbocycles. The standard InChI is InChI=1S/C14H14N4O2S2/c1-21-14-15-9-10-7-8-13(18(10)16-14)11-5-3-4-6-12(11)17-22(2,19)20/h3-9,17H,1-2H3. The first-order chi connectivity index (χ1) is 10.5. The lowest BCUT2D eigenvalue weighted by molar-refractivity contribution is 0.607. The van der Waals surface area contributed by atoms with E-state index in [9.17, 15) is 8.42 Å². The molecular weight excluding hydrogens is 320 g/mol. The lowest BCUT2D eigenvalue weighted by atomic mass is 10.1. The van der Waals surface area contributed by atoms with Crippen LogP contribution in [-0.4, -0.2) is 35.5 Å². The van der Waals surface area contributed by atoms with Gasteiger partial charge in [0.2, 0.25) is 15.2 Å². The van der Waals surface area contributed by atoms with Gasteiger partial charge in [-0.2, -0.15) is 0 Å². The third-order valence-corrected chi connectivity index (χ3v) is 4.20. The third kappa shape index (κ3) is 2.93. The summed E-state index contributed by atoms with van der Waals surface area (Å²) in [5, 5.41) is 5.11. The van der Waals surface area contributed by atoms with Gasteiger partial charge in [-0.05, 0) is 24.5 Å². The third-order valence-electron chi connectivity index (χ3n) is 3.06. The molecule has 0 aliphatic heterocycles. The minimum absolute atomic E-state index is 0.523. The number of anilines is 1. The van der Waals surface area contributed by atoms with E-state index >= 15 is 0 Å². The molecule has 1 N–H and O–H groups in total. The number of rotatable bonds is 4. The Bertz CT molecular complexity index is 935. The zero-order valence-corrected chi connectivity index (χ0v) is 13.6. The summed E-state index contributed by atoms with van der Waals surface area (Å²) in [7, 11) is -3.35. The largest absolute Gasteiger partial charge is 0.283 e. The van der Waals surface area contributed by atoms with E-state index in [2.05, 4.69) is 14.8 Å². The first kappa shape index (κ1) is 14.9. The van der Waals surface area contributed by atoms with Crippen LogP contribution < -0.4 is 4.72 Å². The van der Waals surface area contributed by atoms with Crippen LogP contribution in [0.25, 0.3) is 16.8 Å². The molecule has 0 amide bonds. The summed E-state index contributed by atoms with van der Waals surface area (Å²) >= 11 is 1.45. The zero-order valence-electron chi connectivity index (χ0n) is 12.0. The molecule has 0 saturated heterocycles. The van der Waals surface area contributed by atoms with Gasteiger partial charge in [0.1, 0.15) is 0 Å². The molecule has 2 aromatic heterocycles. The number of sulfonamides is 1.